The quantitative estimate of drug-likeness (QED) is 0.0469. The summed E-state index contributed by atoms with van der Waals surface area (Å²) in [7, 11) is 0. The number of esters is 9. The van der Waals surface area contributed by atoms with Crippen molar-refractivity contribution < 1.29 is 143 Å². The minimum Gasteiger partial charge on any atom is -0.463 e. The Hall–Kier alpha value is -7.79. The second kappa shape index (κ2) is 47.2. The van der Waals surface area contributed by atoms with E-state index >= 15 is 0 Å². The van der Waals surface area contributed by atoms with Crippen molar-refractivity contribution in [2.45, 2.75) is 137 Å². The predicted octanol–water partition coefficient (Wildman–Crippen LogP) is 0.430. The third-order valence-corrected chi connectivity index (χ3v) is 11.6. The number of hydrogen-bond acceptors (Lipinski definition) is 30. The van der Waals surface area contributed by atoms with Crippen molar-refractivity contribution >= 4 is 65.5 Å². The van der Waals surface area contributed by atoms with Crippen LogP contribution in [0.1, 0.15) is 73.4 Å². The molecule has 0 aromatic heterocycles. The first-order chi connectivity index (χ1) is 43.9. The van der Waals surface area contributed by atoms with Gasteiger partial charge in [-0.1, -0.05) is 60.7 Å². The van der Waals surface area contributed by atoms with Gasteiger partial charge in [-0.2, -0.15) is 0 Å². The molecule has 0 radical (unpaired) electrons. The van der Waals surface area contributed by atoms with Gasteiger partial charge in [-0.15, -0.1) is 0 Å². The SMILES string of the molecule is CC(=O)N[C@H]1C(OC(C)=O)O[C@H](COC(C)=O)[C@H](OC(C)=O)[C@@H]1OC(C)=O.CC(=O)N[C@H]1[C@H](OCCOCCOCCOCC(=O)OCc2ccccc2)O[C@H](COC(C)=O)[C@H](OC(C)=O)[C@@H]1OC(C)=O.O=C(COCCOCCOCCO)OCc1ccccc1. The van der Waals surface area contributed by atoms with Gasteiger partial charge in [-0.05, 0) is 11.1 Å². The normalized spacial score (nSPS) is 20.5. The number of nitrogens with one attached hydrogen (secondary N) is 2. The molecule has 32 heteroatoms. The van der Waals surface area contributed by atoms with Crippen molar-refractivity contribution in [2.75, 3.05) is 106 Å². The Morgan fingerprint density at radius 2 is 0.707 bits per heavy atom. The van der Waals surface area contributed by atoms with Crippen LogP contribution in [-0.2, 0) is 151 Å². The number of aliphatic hydroxyl groups excluding tert-OH is 1. The van der Waals surface area contributed by atoms with Gasteiger partial charge in [0.1, 0.15) is 63.9 Å². The van der Waals surface area contributed by atoms with Crippen molar-refractivity contribution in [2.24, 2.45) is 0 Å². The van der Waals surface area contributed by atoms with Crippen LogP contribution in [0.4, 0.5) is 0 Å². The van der Waals surface area contributed by atoms with E-state index in [4.69, 9.17) is 90.4 Å². The summed E-state index contributed by atoms with van der Waals surface area (Å²) in [6.45, 7) is 12.8. The van der Waals surface area contributed by atoms with Crippen LogP contribution in [0.5, 0.6) is 0 Å². The lowest BCUT2D eigenvalue weighted by Crippen LogP contribution is -2.66. The van der Waals surface area contributed by atoms with Crippen molar-refractivity contribution in [3.05, 3.63) is 71.8 Å². The van der Waals surface area contributed by atoms with Crippen LogP contribution < -0.4 is 10.6 Å². The summed E-state index contributed by atoms with van der Waals surface area (Å²) in [4.78, 5) is 127. The first kappa shape index (κ1) is 80.3. The highest BCUT2D eigenvalue weighted by atomic mass is 16.7. The number of hydrogen-bond donors (Lipinski definition) is 3. The van der Waals surface area contributed by atoms with Gasteiger partial charge in [-0.25, -0.2) is 9.59 Å². The van der Waals surface area contributed by atoms with E-state index < -0.39 is 127 Å². The lowest BCUT2D eigenvalue weighted by atomic mass is 9.96. The molecule has 1 unspecified atom stereocenters. The van der Waals surface area contributed by atoms with Crippen LogP contribution in [0, 0.1) is 0 Å². The second-order valence-corrected chi connectivity index (χ2v) is 19.5. The fourth-order valence-electron chi connectivity index (χ4n) is 8.03. The van der Waals surface area contributed by atoms with Gasteiger partial charge in [0.2, 0.25) is 18.1 Å². The Labute approximate surface area is 532 Å². The monoisotopic (exact) mass is 1310 g/mol. The van der Waals surface area contributed by atoms with Gasteiger partial charge >= 0.3 is 53.7 Å². The Balaban J connectivity index is 0.000000511. The molecule has 10 atom stereocenters. The van der Waals surface area contributed by atoms with Crippen molar-refractivity contribution in [1.29, 1.82) is 0 Å². The molecule has 0 spiro atoms. The van der Waals surface area contributed by atoms with Crippen LogP contribution in [0.2, 0.25) is 0 Å². The Kier molecular flexibility index (Phi) is 41.2. The highest BCUT2D eigenvalue weighted by Gasteiger charge is 2.53. The number of carbonyl (C=O) groups excluding carboxylic acids is 11. The molecule has 2 fully saturated rings. The molecule has 516 valence electrons. The minimum absolute atomic E-state index is 0.000262. The third kappa shape index (κ3) is 36.9. The summed E-state index contributed by atoms with van der Waals surface area (Å²) in [5.41, 5.74) is 1.83. The van der Waals surface area contributed by atoms with E-state index in [0.29, 0.717) is 33.0 Å². The van der Waals surface area contributed by atoms with E-state index in [-0.39, 0.29) is 85.9 Å². The van der Waals surface area contributed by atoms with E-state index in [9.17, 15) is 52.7 Å². The summed E-state index contributed by atoms with van der Waals surface area (Å²) >= 11 is 0. The molecule has 92 heavy (non-hydrogen) atoms. The Morgan fingerprint density at radius 1 is 0.380 bits per heavy atom. The molecule has 3 N–H and O–H groups in total. The Bertz CT molecular complexity index is 2540. The maximum Gasteiger partial charge on any atom is 0.332 e. The molecule has 2 heterocycles. The number of ether oxygens (including phenoxy) is 18. The first-order valence-corrected chi connectivity index (χ1v) is 29.0. The zero-order valence-corrected chi connectivity index (χ0v) is 53.1. The fraction of sp³-hybridized carbons (Fsp3) is 0.617. The highest BCUT2D eigenvalue weighted by Crippen LogP contribution is 2.30. The van der Waals surface area contributed by atoms with Gasteiger partial charge in [0.15, 0.2) is 30.7 Å². The van der Waals surface area contributed by atoms with Gasteiger partial charge in [0.25, 0.3) is 0 Å². The summed E-state index contributed by atoms with van der Waals surface area (Å²) in [6, 6.07) is 16.6. The van der Waals surface area contributed by atoms with Crippen LogP contribution in [0.25, 0.3) is 0 Å². The molecule has 0 aliphatic carbocycles. The first-order valence-electron chi connectivity index (χ1n) is 29.0. The number of carbonyl (C=O) groups is 11. The standard InChI is InChI=1S/C29H41NO14.C16H23NO10.C15H22O6/c1-19(31)30-26-28(43-22(4)34)27(42-21(3)33)24(17-40-20(2)32)44-29(26)39-15-14-37-11-10-36-12-13-38-18-25(35)41-16-23-8-6-5-7-9-23;1-7(18)17-13-15(25-10(4)21)14(24-9(3)20)12(6-23-8(2)19)27-16(13)26-11(5)22;16-6-7-18-8-9-19-10-11-20-13-15(17)21-12-14-4-2-1-3-5-14/h5-9,24,26-29H,10-18H2,1-4H3,(H,30,31);12-16H,6H2,1-5H3,(H,17,18);1-5,16H,6-13H2/t24-,26-,27+,28-,29-;12-,13-,14+,15-,16?;/m11./s1. The van der Waals surface area contributed by atoms with Crippen LogP contribution in [0.3, 0.4) is 0 Å². The summed E-state index contributed by atoms with van der Waals surface area (Å²) in [6.07, 6.45) is -9.62. The lowest BCUT2D eigenvalue weighted by molar-refractivity contribution is -0.279. The molecule has 32 nitrogen and oxygen atoms in total. The molecule has 0 bridgehead atoms. The van der Waals surface area contributed by atoms with Gasteiger partial charge < -0.3 is 101 Å². The molecule has 2 aromatic rings. The molecule has 2 saturated heterocycles. The van der Waals surface area contributed by atoms with Crippen LogP contribution in [0.15, 0.2) is 60.7 Å². The number of benzene rings is 2. The third-order valence-electron chi connectivity index (χ3n) is 11.6. The zero-order chi connectivity index (χ0) is 68.2. The smallest absolute Gasteiger partial charge is 0.332 e. The van der Waals surface area contributed by atoms with Gasteiger partial charge in [-0.3, -0.25) is 43.2 Å². The number of aliphatic hydroxyl groups is 1. The second-order valence-electron chi connectivity index (χ2n) is 19.5. The predicted molar refractivity (Wildman–Crippen MR) is 310 cm³/mol. The maximum absolute atomic E-state index is 12.0. The summed E-state index contributed by atoms with van der Waals surface area (Å²) < 4.78 is 95.1. The van der Waals surface area contributed by atoms with Crippen molar-refractivity contribution in [3.8, 4) is 0 Å². The molecule has 2 amide bonds. The zero-order valence-electron chi connectivity index (χ0n) is 53.1. The number of rotatable bonds is 37. The fourth-order valence-corrected chi connectivity index (χ4v) is 8.03. The molecule has 4 rings (SSSR count). The van der Waals surface area contributed by atoms with Crippen molar-refractivity contribution in [1.82, 2.24) is 10.6 Å². The summed E-state index contributed by atoms with van der Waals surface area (Å²) in [5, 5.41) is 13.6. The van der Waals surface area contributed by atoms with Crippen molar-refractivity contribution in [3.63, 3.8) is 0 Å². The average molecular weight is 1320 g/mol. The molecular formula is C60H86N2O30. The largest absolute Gasteiger partial charge is 0.463 e. The van der Waals surface area contributed by atoms with Crippen LogP contribution >= 0.6 is 0 Å². The highest BCUT2D eigenvalue weighted by molar-refractivity contribution is 5.75. The van der Waals surface area contributed by atoms with E-state index in [0.717, 1.165) is 52.7 Å². The van der Waals surface area contributed by atoms with Gasteiger partial charge in [0, 0.05) is 62.3 Å². The molecular weight excluding hydrogens is 1230 g/mol. The van der Waals surface area contributed by atoms with Crippen LogP contribution in [-0.4, -0.2) is 238 Å². The average Bonchev–Trinajstić information content (AvgIpc) is 0.809. The van der Waals surface area contributed by atoms with Gasteiger partial charge in [0.05, 0.1) is 79.3 Å². The minimum atomic E-state index is -1.37. The Morgan fingerprint density at radius 3 is 1.05 bits per heavy atom. The maximum atomic E-state index is 12.0. The van der Waals surface area contributed by atoms with E-state index in [1.54, 1.807) is 0 Å². The molecule has 2 aliphatic heterocycles. The lowest BCUT2D eigenvalue weighted by Gasteiger charge is -2.44. The summed E-state index contributed by atoms with van der Waals surface area (Å²) in [5.74, 6) is -6.70. The van der Waals surface area contributed by atoms with E-state index in [2.05, 4.69) is 10.6 Å². The molecule has 2 aliphatic rings. The topological polar surface area (TPSA) is 398 Å². The molecule has 0 saturated carbocycles. The van der Waals surface area contributed by atoms with E-state index in [1.165, 1.54) is 20.8 Å². The molecule has 2 aromatic carbocycles. The van der Waals surface area contributed by atoms with E-state index in [1.807, 2.05) is 60.7 Å². The number of amides is 2.